The molecule has 0 aliphatic heterocycles. The molecule has 0 saturated heterocycles. The van der Waals surface area contributed by atoms with Gasteiger partial charge in [0.1, 0.15) is 17.7 Å². The van der Waals surface area contributed by atoms with E-state index in [0.717, 1.165) is 43.5 Å². The molecule has 1 aromatic carbocycles. The Balaban J connectivity index is 2.41. The van der Waals surface area contributed by atoms with Gasteiger partial charge in [0.05, 0.1) is 6.10 Å². The summed E-state index contributed by atoms with van der Waals surface area (Å²) < 4.78 is 48.1. The molecule has 1 aliphatic rings. The third-order valence-corrected chi connectivity index (χ3v) is 20.0. The van der Waals surface area contributed by atoms with Gasteiger partial charge in [-0.15, -0.1) is 0 Å². The van der Waals surface area contributed by atoms with E-state index in [1.54, 1.807) is 0 Å². The zero-order valence-corrected chi connectivity index (χ0v) is 33.5. The predicted octanol–water partition coefficient (Wildman–Crippen LogP) is 11.1. The number of carbonyl (C=O) groups excluding carboxylic acids is 1. The van der Waals surface area contributed by atoms with Crippen molar-refractivity contribution in [3.63, 3.8) is 0 Å². The molecule has 1 aliphatic carbocycles. The summed E-state index contributed by atoms with van der Waals surface area (Å²) in [6, 6.07) is 3.77. The lowest BCUT2D eigenvalue weighted by Crippen LogP contribution is -2.45. The zero-order valence-electron chi connectivity index (χ0n) is 29.9. The van der Waals surface area contributed by atoms with Crippen molar-refractivity contribution in [3.05, 3.63) is 47.5 Å². The van der Waals surface area contributed by atoms with E-state index in [9.17, 15) is 13.6 Å². The number of alkyl halides is 1. The number of halogens is 3. The van der Waals surface area contributed by atoms with E-state index in [1.165, 1.54) is 19.1 Å². The Labute approximate surface area is 283 Å². The fourth-order valence-corrected chi connectivity index (χ4v) is 8.91. The van der Waals surface area contributed by atoms with Gasteiger partial charge in [-0.2, -0.15) is 0 Å². The van der Waals surface area contributed by atoms with Crippen LogP contribution in [0.1, 0.15) is 99.0 Å². The van der Waals surface area contributed by atoms with E-state index >= 15 is 0 Å². The minimum atomic E-state index is -2.13. The molecule has 0 amide bonds. The average Bonchev–Trinajstić information content (AvgIpc) is 3.17. The Kier molecular flexibility index (Phi) is 15.2. The Morgan fingerprint density at radius 3 is 2.07 bits per heavy atom. The van der Waals surface area contributed by atoms with Crippen LogP contribution in [0.4, 0.5) is 8.78 Å². The van der Waals surface area contributed by atoms with Gasteiger partial charge in [-0.1, -0.05) is 69.6 Å². The molecule has 0 N–H and O–H groups in total. The molecule has 0 heterocycles. The van der Waals surface area contributed by atoms with Crippen molar-refractivity contribution in [2.24, 2.45) is 11.8 Å². The molecule has 0 radical (unpaired) electrons. The van der Waals surface area contributed by atoms with Crippen LogP contribution in [0.2, 0.25) is 36.3 Å². The highest BCUT2D eigenvalue weighted by molar-refractivity contribution is 9.09. The first-order valence-corrected chi connectivity index (χ1v) is 23.8. The molecule has 0 spiro atoms. The lowest BCUT2D eigenvalue weighted by atomic mass is 9.85. The van der Waals surface area contributed by atoms with Crippen molar-refractivity contribution in [1.82, 2.24) is 0 Å². The van der Waals surface area contributed by atoms with Gasteiger partial charge in [0.25, 0.3) is 0 Å². The summed E-state index contributed by atoms with van der Waals surface area (Å²) in [5.74, 6) is -1.00. The van der Waals surface area contributed by atoms with Gasteiger partial charge in [-0.3, -0.25) is 4.79 Å². The van der Waals surface area contributed by atoms with E-state index < -0.39 is 28.3 Å². The summed E-state index contributed by atoms with van der Waals surface area (Å²) in [7, 11) is -4.24. The van der Waals surface area contributed by atoms with Crippen molar-refractivity contribution in [2.75, 3.05) is 5.33 Å². The Bertz CT molecular complexity index is 1090. The summed E-state index contributed by atoms with van der Waals surface area (Å²) in [6.07, 6.45) is 10.8. The number of esters is 1. The van der Waals surface area contributed by atoms with Crippen LogP contribution in [0, 0.1) is 23.5 Å². The minimum Gasteiger partial charge on any atom is -0.462 e. The van der Waals surface area contributed by atoms with Gasteiger partial charge in [0, 0.05) is 36.8 Å². The van der Waals surface area contributed by atoms with Crippen molar-refractivity contribution in [2.45, 2.75) is 154 Å². The van der Waals surface area contributed by atoms with Crippen LogP contribution in [0.15, 0.2) is 30.4 Å². The van der Waals surface area contributed by atoms with E-state index in [1.807, 2.05) is 0 Å². The first-order chi connectivity index (χ1) is 20.7. The number of rotatable bonds is 16. The number of carbonyl (C=O) groups is 1. The molecular formula is C36H61BrF2O4Si2. The Morgan fingerprint density at radius 1 is 0.933 bits per heavy atom. The molecule has 2 rings (SSSR count). The predicted molar refractivity (Wildman–Crippen MR) is 192 cm³/mol. The van der Waals surface area contributed by atoms with Crippen LogP contribution in [0.5, 0.6) is 0 Å². The second-order valence-electron chi connectivity index (χ2n) is 16.1. The maximum atomic E-state index is 14.0. The molecule has 1 aromatic rings. The third kappa shape index (κ3) is 12.6. The highest BCUT2D eigenvalue weighted by Gasteiger charge is 2.49. The maximum absolute atomic E-state index is 14.0. The smallest absolute Gasteiger partial charge is 0.302 e. The number of hydrogen-bond acceptors (Lipinski definition) is 4. The molecule has 1 fully saturated rings. The van der Waals surface area contributed by atoms with Crippen LogP contribution < -0.4 is 0 Å². The van der Waals surface area contributed by atoms with Gasteiger partial charge in [0.15, 0.2) is 16.6 Å². The van der Waals surface area contributed by atoms with E-state index in [4.69, 9.17) is 13.6 Å². The summed E-state index contributed by atoms with van der Waals surface area (Å²) >= 11 is 3.52. The van der Waals surface area contributed by atoms with Crippen LogP contribution in [0.3, 0.4) is 0 Å². The molecule has 4 nitrogen and oxygen atoms in total. The number of ether oxygens (including phenoxy) is 1. The molecule has 0 bridgehead atoms. The largest absolute Gasteiger partial charge is 0.462 e. The number of aryl methyl sites for hydroxylation is 1. The average molecular weight is 732 g/mol. The molecular weight excluding hydrogens is 670 g/mol. The van der Waals surface area contributed by atoms with Crippen molar-refractivity contribution in [3.8, 4) is 0 Å². The zero-order chi connectivity index (χ0) is 34.2. The summed E-state index contributed by atoms with van der Waals surface area (Å²) in [4.78, 5) is 12.3. The van der Waals surface area contributed by atoms with Gasteiger partial charge in [0.2, 0.25) is 0 Å². The Hall–Kier alpha value is -0.876. The fraction of sp³-hybridized carbons (Fsp3) is 0.750. The minimum absolute atomic E-state index is 0.0120. The van der Waals surface area contributed by atoms with Crippen molar-refractivity contribution >= 4 is 38.5 Å². The van der Waals surface area contributed by atoms with Gasteiger partial charge in [-0.25, -0.2) is 8.78 Å². The van der Waals surface area contributed by atoms with Gasteiger partial charge in [-0.05, 0) is 105 Å². The summed E-state index contributed by atoms with van der Waals surface area (Å²) in [5.41, 5.74) is 0.651. The topological polar surface area (TPSA) is 44.8 Å². The lowest BCUT2D eigenvalue weighted by molar-refractivity contribution is -0.148. The number of hydrogen-bond donors (Lipinski definition) is 0. The highest BCUT2D eigenvalue weighted by atomic mass is 79.9. The standard InChI is InChI=1S/C36H61BrF2O4Si2/c1-26(40)41-33-25-34(43-45(10,11)36(5,6)7)32(31(33)16-14-12-13-15-21-37)20-19-30(42-44(8,9)35(2,3)4)18-17-27-22-28(38)24-29(39)23-27/h12,14,22-24,30-34H,13,15-21,25H2,1-11H3/b14-12-/t30-,31+,32+,33-,34+/m0/s1. The fourth-order valence-electron chi connectivity index (χ4n) is 5.78. The number of allylic oxidation sites excluding steroid dienone is 2. The monoisotopic (exact) mass is 730 g/mol. The molecule has 5 atom stereocenters. The van der Waals surface area contributed by atoms with Gasteiger partial charge < -0.3 is 13.6 Å². The maximum Gasteiger partial charge on any atom is 0.302 e. The molecule has 0 unspecified atom stereocenters. The lowest BCUT2D eigenvalue weighted by Gasteiger charge is -2.41. The molecule has 9 heteroatoms. The van der Waals surface area contributed by atoms with Crippen LogP contribution in [0.25, 0.3) is 0 Å². The van der Waals surface area contributed by atoms with Crippen LogP contribution in [-0.2, 0) is 24.8 Å². The molecule has 0 aromatic heterocycles. The molecule has 45 heavy (non-hydrogen) atoms. The highest BCUT2D eigenvalue weighted by Crippen LogP contribution is 2.47. The SMILES string of the molecule is CC(=O)O[C@H]1C[C@@H](O[Si](C)(C)C(C)(C)C)[C@H](CC[C@H](CCc2cc(F)cc(F)c2)O[Si](C)(C)C(C)(C)C)[C@H]1C/C=C\CCCBr. The molecule has 1 saturated carbocycles. The number of unbranched alkanes of at least 4 members (excludes halogenated alkanes) is 1. The van der Waals surface area contributed by atoms with Gasteiger partial charge >= 0.3 is 5.97 Å². The second kappa shape index (κ2) is 17.0. The Morgan fingerprint density at radius 2 is 1.53 bits per heavy atom. The van der Waals surface area contributed by atoms with E-state index in [2.05, 4.69) is 95.8 Å². The summed E-state index contributed by atoms with van der Waals surface area (Å²) in [6.45, 7) is 24.1. The quantitative estimate of drug-likeness (QED) is 0.0558. The van der Waals surface area contributed by atoms with Crippen LogP contribution in [-0.4, -0.2) is 46.2 Å². The first kappa shape index (κ1) is 40.3. The van der Waals surface area contributed by atoms with Crippen LogP contribution >= 0.6 is 15.9 Å². The van der Waals surface area contributed by atoms with Crippen molar-refractivity contribution in [1.29, 1.82) is 0 Å². The van der Waals surface area contributed by atoms with Crippen molar-refractivity contribution < 1.29 is 27.2 Å². The van der Waals surface area contributed by atoms with E-state index in [0.29, 0.717) is 24.8 Å². The normalized spacial score (nSPS) is 22.3. The summed E-state index contributed by atoms with van der Waals surface area (Å²) in [5, 5.41) is 1.05. The van der Waals surface area contributed by atoms with E-state index in [-0.39, 0.29) is 46.2 Å². The molecule has 258 valence electrons. The first-order valence-electron chi connectivity index (χ1n) is 16.9. The third-order valence-electron chi connectivity index (χ3n) is 10.4. The number of benzene rings is 1. The second-order valence-corrected chi connectivity index (χ2v) is 26.4.